The molecular formula is C32H41ClN2O3. The molecule has 3 rings (SSSR count). The molecule has 1 saturated heterocycles. The molecule has 1 heterocycles. The molecule has 0 radical (unpaired) electrons. The highest BCUT2D eigenvalue weighted by Crippen LogP contribution is 2.31. The van der Waals surface area contributed by atoms with Crippen LogP contribution in [0.2, 0.25) is 5.02 Å². The zero-order valence-corrected chi connectivity index (χ0v) is 23.8. The molecular weight excluding hydrogens is 496 g/mol. The van der Waals surface area contributed by atoms with Crippen LogP contribution in [-0.4, -0.2) is 36.2 Å². The number of likely N-dealkylation sites (tertiary alicyclic amines) is 1. The minimum absolute atomic E-state index is 0.0370. The van der Waals surface area contributed by atoms with Crippen molar-refractivity contribution in [3.63, 3.8) is 0 Å². The van der Waals surface area contributed by atoms with Crippen molar-refractivity contribution in [3.05, 3.63) is 88.7 Å². The molecule has 6 heteroatoms. The number of Topliss-reactive ketones (excluding diaryl/α,β-unsaturated/α-hetero) is 1. The lowest BCUT2D eigenvalue weighted by molar-refractivity contribution is -0.119. The topological polar surface area (TPSA) is 58.6 Å². The Labute approximate surface area is 232 Å². The number of amides is 1. The molecule has 0 spiro atoms. The minimum atomic E-state index is -0.0799. The predicted molar refractivity (Wildman–Crippen MR) is 156 cm³/mol. The van der Waals surface area contributed by atoms with Crippen LogP contribution in [0.3, 0.4) is 0 Å². The Morgan fingerprint density at radius 2 is 1.82 bits per heavy atom. The van der Waals surface area contributed by atoms with Crippen LogP contribution in [0.25, 0.3) is 0 Å². The van der Waals surface area contributed by atoms with Gasteiger partial charge < -0.3 is 15.0 Å². The summed E-state index contributed by atoms with van der Waals surface area (Å²) in [5.41, 5.74) is 3.28. The summed E-state index contributed by atoms with van der Waals surface area (Å²) < 4.78 is 6.35. The molecule has 1 aliphatic rings. The third-order valence-corrected chi connectivity index (χ3v) is 7.14. The second kappa shape index (κ2) is 14.9. The summed E-state index contributed by atoms with van der Waals surface area (Å²) in [6.45, 7) is 10.3. The van der Waals surface area contributed by atoms with Gasteiger partial charge in [0.1, 0.15) is 11.9 Å². The number of benzene rings is 2. The number of hydrogen-bond donors (Lipinski definition) is 1. The first-order valence-corrected chi connectivity index (χ1v) is 14.0. The Hall–Kier alpha value is -2.89. The van der Waals surface area contributed by atoms with E-state index in [9.17, 15) is 9.59 Å². The highest BCUT2D eigenvalue weighted by Gasteiger charge is 2.23. The number of nitrogens with zero attached hydrogens (tertiary/aromatic N) is 1. The summed E-state index contributed by atoms with van der Waals surface area (Å²) in [6, 6.07) is 16.2. The zero-order valence-electron chi connectivity index (χ0n) is 23.1. The van der Waals surface area contributed by atoms with Gasteiger partial charge in [0.2, 0.25) is 5.91 Å². The predicted octanol–water partition coefficient (Wildman–Crippen LogP) is 7.70. The highest BCUT2D eigenvalue weighted by atomic mass is 35.5. The molecule has 1 fully saturated rings. The molecule has 38 heavy (non-hydrogen) atoms. The van der Waals surface area contributed by atoms with Crippen molar-refractivity contribution in [1.29, 1.82) is 0 Å². The summed E-state index contributed by atoms with van der Waals surface area (Å²) in [5.74, 6) is 1.46. The maximum Gasteiger partial charge on any atom is 0.226 e. The number of ketones is 1. The fourth-order valence-corrected chi connectivity index (χ4v) is 4.74. The van der Waals surface area contributed by atoms with Crippen LogP contribution < -0.4 is 5.32 Å². The Bertz CT molecular complexity index is 1120. The third-order valence-electron chi connectivity index (χ3n) is 6.89. The monoisotopic (exact) mass is 536 g/mol. The summed E-state index contributed by atoms with van der Waals surface area (Å²) in [6.07, 6.45) is 9.04. The van der Waals surface area contributed by atoms with Gasteiger partial charge in [0, 0.05) is 36.0 Å². The van der Waals surface area contributed by atoms with Gasteiger partial charge in [-0.1, -0.05) is 61.9 Å². The average Bonchev–Trinajstić information content (AvgIpc) is 2.90. The van der Waals surface area contributed by atoms with Crippen molar-refractivity contribution in [2.75, 3.05) is 25.0 Å². The van der Waals surface area contributed by atoms with Gasteiger partial charge in [-0.25, -0.2) is 0 Å². The van der Waals surface area contributed by atoms with Gasteiger partial charge in [-0.3, -0.25) is 9.59 Å². The van der Waals surface area contributed by atoms with Crippen LogP contribution in [0.4, 0.5) is 5.69 Å². The second-order valence-corrected chi connectivity index (χ2v) is 10.9. The summed E-state index contributed by atoms with van der Waals surface area (Å²) in [5, 5.41) is 3.73. The van der Waals surface area contributed by atoms with E-state index in [0.717, 1.165) is 55.9 Å². The molecule has 0 bridgehead atoms. The fourth-order valence-electron chi connectivity index (χ4n) is 4.62. The summed E-state index contributed by atoms with van der Waals surface area (Å²) in [7, 11) is 0. The smallest absolute Gasteiger partial charge is 0.226 e. The zero-order chi connectivity index (χ0) is 27.5. The minimum Gasteiger partial charge on any atom is -0.490 e. The standard InChI is InChI=1S/C32H41ClN2O3/c1-23(2)32(37)34-30-11-7-10-28(22-30)26-16-19-35(20-17-26)21-18-31(27-12-14-29(33)15-13-27)38-25(4)9-6-5-8-24(3)36/h5-7,9-15,22-23,26,31H,8,16-21H2,1-4H3,(H,34,37)/b6-5-,25-9+. The molecule has 1 N–H and O–H groups in total. The molecule has 1 amide bonds. The Balaban J connectivity index is 1.57. The summed E-state index contributed by atoms with van der Waals surface area (Å²) in [4.78, 5) is 25.8. The molecule has 0 aliphatic carbocycles. The van der Waals surface area contributed by atoms with Crippen molar-refractivity contribution in [3.8, 4) is 0 Å². The van der Waals surface area contributed by atoms with Gasteiger partial charge in [0.25, 0.3) is 0 Å². The number of allylic oxidation sites excluding steroid dienone is 4. The molecule has 1 aliphatic heterocycles. The Morgan fingerprint density at radius 1 is 1.11 bits per heavy atom. The van der Waals surface area contributed by atoms with Crippen molar-refractivity contribution >= 4 is 29.0 Å². The van der Waals surface area contributed by atoms with Crippen LogP contribution in [-0.2, 0) is 14.3 Å². The van der Waals surface area contributed by atoms with Crippen LogP contribution in [0.1, 0.15) is 76.5 Å². The lowest BCUT2D eigenvalue weighted by Gasteiger charge is -2.33. The lowest BCUT2D eigenvalue weighted by Crippen LogP contribution is -2.34. The number of hydrogen-bond acceptors (Lipinski definition) is 4. The van der Waals surface area contributed by atoms with Crippen LogP contribution >= 0.6 is 11.6 Å². The maximum absolute atomic E-state index is 12.1. The van der Waals surface area contributed by atoms with Crippen molar-refractivity contribution in [1.82, 2.24) is 4.90 Å². The van der Waals surface area contributed by atoms with Gasteiger partial charge in [-0.15, -0.1) is 0 Å². The SMILES string of the molecule is CC(=O)C/C=C\C=C(/C)OC(CCN1CCC(c2cccc(NC(=O)C(C)C)c2)CC1)c1ccc(Cl)cc1. The first kappa shape index (κ1) is 29.7. The van der Waals surface area contributed by atoms with Gasteiger partial charge in [-0.05, 0) is 87.2 Å². The number of ether oxygens (including phenoxy) is 1. The highest BCUT2D eigenvalue weighted by molar-refractivity contribution is 6.30. The van der Waals surface area contributed by atoms with Crippen molar-refractivity contribution < 1.29 is 14.3 Å². The molecule has 0 saturated carbocycles. The lowest BCUT2D eigenvalue weighted by atomic mass is 9.89. The van der Waals surface area contributed by atoms with Crippen LogP contribution in [0.15, 0.2) is 72.5 Å². The van der Waals surface area contributed by atoms with E-state index in [1.165, 1.54) is 5.56 Å². The summed E-state index contributed by atoms with van der Waals surface area (Å²) >= 11 is 6.13. The van der Waals surface area contributed by atoms with Crippen LogP contribution in [0.5, 0.6) is 0 Å². The fraction of sp³-hybridized carbons (Fsp3) is 0.438. The van der Waals surface area contributed by atoms with E-state index in [0.29, 0.717) is 17.4 Å². The Morgan fingerprint density at radius 3 is 2.47 bits per heavy atom. The van der Waals surface area contributed by atoms with Crippen molar-refractivity contribution in [2.24, 2.45) is 5.92 Å². The number of nitrogens with one attached hydrogen (secondary N) is 1. The van der Waals surface area contributed by atoms with Gasteiger partial charge in [0.05, 0.1) is 5.76 Å². The van der Waals surface area contributed by atoms with Gasteiger partial charge in [-0.2, -0.15) is 0 Å². The molecule has 1 atom stereocenters. The molecule has 0 aromatic heterocycles. The number of piperidine rings is 1. The molecule has 1 unspecified atom stereocenters. The number of carbonyl (C=O) groups is 2. The number of halogens is 1. The average molecular weight is 537 g/mol. The second-order valence-electron chi connectivity index (χ2n) is 10.4. The van der Waals surface area contributed by atoms with Crippen LogP contribution in [0, 0.1) is 5.92 Å². The van der Waals surface area contributed by atoms with E-state index in [1.807, 2.05) is 75.4 Å². The number of rotatable bonds is 12. The van der Waals surface area contributed by atoms with E-state index >= 15 is 0 Å². The third kappa shape index (κ3) is 9.77. The molecule has 2 aromatic carbocycles. The quantitative estimate of drug-likeness (QED) is 0.223. The molecule has 204 valence electrons. The first-order valence-electron chi connectivity index (χ1n) is 13.6. The van der Waals surface area contributed by atoms with Gasteiger partial charge >= 0.3 is 0 Å². The largest absolute Gasteiger partial charge is 0.490 e. The van der Waals surface area contributed by atoms with E-state index in [2.05, 4.69) is 22.3 Å². The first-order chi connectivity index (χ1) is 18.2. The Kier molecular flexibility index (Phi) is 11.6. The van der Waals surface area contributed by atoms with Crippen molar-refractivity contribution in [2.45, 2.75) is 65.4 Å². The maximum atomic E-state index is 12.1. The van der Waals surface area contributed by atoms with E-state index in [-0.39, 0.29) is 23.7 Å². The number of anilines is 1. The van der Waals surface area contributed by atoms with E-state index < -0.39 is 0 Å². The van der Waals surface area contributed by atoms with E-state index in [1.54, 1.807) is 6.92 Å². The molecule has 2 aromatic rings. The van der Waals surface area contributed by atoms with Gasteiger partial charge in [0.15, 0.2) is 0 Å². The molecule has 5 nitrogen and oxygen atoms in total. The normalized spacial score (nSPS) is 16.1. The van der Waals surface area contributed by atoms with E-state index in [4.69, 9.17) is 16.3 Å². The number of carbonyl (C=O) groups excluding carboxylic acids is 2.